The van der Waals surface area contributed by atoms with Gasteiger partial charge in [0.1, 0.15) is 5.70 Å². The van der Waals surface area contributed by atoms with Crippen molar-refractivity contribution in [3.05, 3.63) is 47.8 Å². The molecule has 1 fully saturated rings. The minimum absolute atomic E-state index is 0.0289. The Morgan fingerprint density at radius 1 is 1.18 bits per heavy atom. The van der Waals surface area contributed by atoms with Gasteiger partial charge in [-0.05, 0) is 43.6 Å². The van der Waals surface area contributed by atoms with E-state index >= 15 is 0 Å². The zero-order valence-electron chi connectivity index (χ0n) is 12.9. The topological polar surface area (TPSA) is 60.3 Å². The first-order valence-electron chi connectivity index (χ1n) is 8.21. The first kappa shape index (κ1) is 15.1. The van der Waals surface area contributed by atoms with Crippen LogP contribution in [0.1, 0.15) is 31.2 Å². The van der Waals surface area contributed by atoms with Crippen LogP contribution in [-0.4, -0.2) is 25.2 Å². The molecule has 2 N–H and O–H groups in total. The Bertz CT molecular complexity index is 519. The summed E-state index contributed by atoms with van der Waals surface area (Å²) in [6, 6.07) is 10.5. The van der Waals surface area contributed by atoms with Gasteiger partial charge in [-0.25, -0.2) is 0 Å². The first-order chi connectivity index (χ1) is 10.8. The molecule has 0 atom stereocenters. The molecule has 1 aromatic rings. The van der Waals surface area contributed by atoms with Gasteiger partial charge in [0.2, 0.25) is 0 Å². The summed E-state index contributed by atoms with van der Waals surface area (Å²) >= 11 is 0. The maximum absolute atomic E-state index is 11.5. The Morgan fingerprint density at radius 3 is 2.59 bits per heavy atom. The van der Waals surface area contributed by atoms with Gasteiger partial charge in [0.25, 0.3) is 5.91 Å². The number of nitrogens with one attached hydrogen (secondary N) is 2. The Hall–Kier alpha value is -1.81. The molecule has 1 aliphatic heterocycles. The van der Waals surface area contributed by atoms with Gasteiger partial charge in [0.05, 0.1) is 12.7 Å². The van der Waals surface area contributed by atoms with Crippen molar-refractivity contribution in [3.8, 4) is 0 Å². The smallest absolute Gasteiger partial charge is 0.269 e. The van der Waals surface area contributed by atoms with Crippen LogP contribution in [0.5, 0.6) is 0 Å². The second-order valence-corrected chi connectivity index (χ2v) is 6.16. The fourth-order valence-corrected chi connectivity index (χ4v) is 2.99. The van der Waals surface area contributed by atoms with E-state index in [1.54, 1.807) is 6.20 Å². The Morgan fingerprint density at radius 2 is 1.91 bits per heavy atom. The van der Waals surface area contributed by atoms with Gasteiger partial charge >= 0.3 is 0 Å². The molecule has 118 valence electrons. The van der Waals surface area contributed by atoms with Crippen LogP contribution in [-0.2, 0) is 16.0 Å². The molecule has 1 saturated carbocycles. The standard InChI is InChI=1S/C18H24N2O2/c21-18(17-13-19-17)20-12-15-6-8-16(9-7-15)22-11-10-14-4-2-1-3-5-14/h1-5,13,15-16,19H,6-12H2,(H,20,21). The number of ether oxygens (including phenoxy) is 1. The van der Waals surface area contributed by atoms with Gasteiger partial charge < -0.3 is 15.4 Å². The Balaban J connectivity index is 1.28. The summed E-state index contributed by atoms with van der Waals surface area (Å²) in [5, 5.41) is 5.81. The molecular formula is C18H24N2O2. The number of rotatable bonds is 7. The van der Waals surface area contributed by atoms with Crippen LogP contribution in [0.2, 0.25) is 0 Å². The van der Waals surface area contributed by atoms with Crippen molar-refractivity contribution in [3.63, 3.8) is 0 Å². The third-order valence-corrected chi connectivity index (χ3v) is 4.47. The molecule has 4 nitrogen and oxygen atoms in total. The lowest BCUT2D eigenvalue weighted by atomic mass is 9.87. The van der Waals surface area contributed by atoms with Crippen molar-refractivity contribution in [2.24, 2.45) is 5.92 Å². The monoisotopic (exact) mass is 300 g/mol. The average Bonchev–Trinajstić information content (AvgIpc) is 3.40. The fourth-order valence-electron chi connectivity index (χ4n) is 2.99. The first-order valence-corrected chi connectivity index (χ1v) is 8.21. The molecular weight excluding hydrogens is 276 g/mol. The molecule has 1 aromatic carbocycles. The molecule has 1 aliphatic carbocycles. The molecule has 0 unspecified atom stereocenters. The quantitative estimate of drug-likeness (QED) is 0.812. The fraction of sp³-hybridized carbons (Fsp3) is 0.500. The zero-order chi connectivity index (χ0) is 15.2. The molecule has 0 aromatic heterocycles. The van der Waals surface area contributed by atoms with Gasteiger partial charge in [0.15, 0.2) is 0 Å². The highest BCUT2D eigenvalue weighted by atomic mass is 16.5. The highest BCUT2D eigenvalue weighted by molar-refractivity contribution is 5.96. The summed E-state index contributed by atoms with van der Waals surface area (Å²) in [5.74, 6) is 0.624. The van der Waals surface area contributed by atoms with Crippen molar-refractivity contribution in [1.29, 1.82) is 0 Å². The number of carbonyl (C=O) groups excluding carboxylic acids is 1. The van der Waals surface area contributed by atoms with Crippen LogP contribution in [0.4, 0.5) is 0 Å². The van der Waals surface area contributed by atoms with Crippen LogP contribution in [0.15, 0.2) is 42.2 Å². The minimum Gasteiger partial charge on any atom is -0.378 e. The van der Waals surface area contributed by atoms with Gasteiger partial charge in [-0.2, -0.15) is 0 Å². The molecule has 0 spiro atoms. The molecule has 3 rings (SSSR count). The lowest BCUT2D eigenvalue weighted by molar-refractivity contribution is -0.117. The lowest BCUT2D eigenvalue weighted by Gasteiger charge is -2.28. The molecule has 2 aliphatic rings. The van der Waals surface area contributed by atoms with E-state index in [9.17, 15) is 4.79 Å². The van der Waals surface area contributed by atoms with Gasteiger partial charge in [-0.15, -0.1) is 0 Å². The number of benzene rings is 1. The molecule has 22 heavy (non-hydrogen) atoms. The highest BCUT2D eigenvalue weighted by Crippen LogP contribution is 2.26. The van der Waals surface area contributed by atoms with E-state index in [-0.39, 0.29) is 5.91 Å². The molecule has 1 heterocycles. The summed E-state index contributed by atoms with van der Waals surface area (Å²) in [4.78, 5) is 11.5. The second-order valence-electron chi connectivity index (χ2n) is 6.16. The van der Waals surface area contributed by atoms with E-state index in [4.69, 9.17) is 4.74 Å². The number of hydrogen-bond acceptors (Lipinski definition) is 3. The van der Waals surface area contributed by atoms with Crippen LogP contribution < -0.4 is 10.6 Å². The normalized spacial score (nSPS) is 23.4. The SMILES string of the molecule is O=C(NCC1CCC(OCCc2ccccc2)CC1)C1=CN1. The van der Waals surface area contributed by atoms with E-state index in [2.05, 4.69) is 34.9 Å². The van der Waals surface area contributed by atoms with Crippen molar-refractivity contribution < 1.29 is 9.53 Å². The predicted molar refractivity (Wildman–Crippen MR) is 86.1 cm³/mol. The van der Waals surface area contributed by atoms with Gasteiger partial charge in [-0.3, -0.25) is 4.79 Å². The van der Waals surface area contributed by atoms with E-state index in [0.717, 1.165) is 45.3 Å². The largest absolute Gasteiger partial charge is 0.378 e. The van der Waals surface area contributed by atoms with Crippen LogP contribution in [0, 0.1) is 5.92 Å². The third kappa shape index (κ3) is 4.60. The number of hydrogen-bond donors (Lipinski definition) is 2. The lowest BCUT2D eigenvalue weighted by Crippen LogP contribution is -2.33. The minimum atomic E-state index is 0.0289. The molecule has 1 amide bonds. The number of carbonyl (C=O) groups is 1. The zero-order valence-corrected chi connectivity index (χ0v) is 12.9. The molecule has 4 heteroatoms. The van der Waals surface area contributed by atoms with Crippen molar-refractivity contribution in [2.45, 2.75) is 38.2 Å². The molecule has 0 saturated heterocycles. The van der Waals surface area contributed by atoms with E-state index in [1.807, 2.05) is 6.07 Å². The maximum atomic E-state index is 11.5. The van der Waals surface area contributed by atoms with Crippen LogP contribution >= 0.6 is 0 Å². The van der Waals surface area contributed by atoms with Crippen LogP contribution in [0.3, 0.4) is 0 Å². The van der Waals surface area contributed by atoms with E-state index in [1.165, 1.54) is 5.56 Å². The highest BCUT2D eigenvalue weighted by Gasteiger charge is 2.23. The van der Waals surface area contributed by atoms with Crippen molar-refractivity contribution in [1.82, 2.24) is 10.6 Å². The summed E-state index contributed by atoms with van der Waals surface area (Å²) in [6.45, 7) is 1.59. The summed E-state index contributed by atoms with van der Waals surface area (Å²) in [7, 11) is 0. The maximum Gasteiger partial charge on any atom is 0.269 e. The Kier molecular flexibility index (Phi) is 5.11. The molecule has 0 radical (unpaired) electrons. The summed E-state index contributed by atoms with van der Waals surface area (Å²) < 4.78 is 6.00. The van der Waals surface area contributed by atoms with E-state index < -0.39 is 0 Å². The van der Waals surface area contributed by atoms with Gasteiger partial charge in [0, 0.05) is 12.7 Å². The average molecular weight is 300 g/mol. The summed E-state index contributed by atoms with van der Waals surface area (Å²) in [6.07, 6.45) is 7.60. The van der Waals surface area contributed by atoms with Crippen LogP contribution in [0.25, 0.3) is 0 Å². The van der Waals surface area contributed by atoms with Crippen molar-refractivity contribution >= 4 is 5.91 Å². The van der Waals surface area contributed by atoms with E-state index in [0.29, 0.717) is 17.7 Å². The number of amides is 1. The summed E-state index contributed by atoms with van der Waals surface area (Å²) in [5.41, 5.74) is 2.04. The predicted octanol–water partition coefficient (Wildman–Crippen LogP) is 2.37. The van der Waals surface area contributed by atoms with Crippen molar-refractivity contribution in [2.75, 3.05) is 13.2 Å². The third-order valence-electron chi connectivity index (χ3n) is 4.47. The second kappa shape index (κ2) is 7.45. The molecule has 0 bridgehead atoms. The Labute approximate surface area is 131 Å². The van der Waals surface area contributed by atoms with Gasteiger partial charge in [-0.1, -0.05) is 30.3 Å².